The molecule has 0 fully saturated rings. The van der Waals surface area contributed by atoms with Crippen LogP contribution in [0, 0.1) is 11.3 Å². The van der Waals surface area contributed by atoms with Gasteiger partial charge < -0.3 is 5.11 Å². The molecule has 6 heteroatoms. The SMILES string of the molecule is CC(C)(C)C1CCc2c(sc3ncn(CCC(=O)O)c(=O)c23)C1. The molecule has 1 N–H and O–H groups in total. The number of carboxylic acids is 1. The Bertz CT molecular complexity index is 814. The molecule has 0 radical (unpaired) electrons. The van der Waals surface area contributed by atoms with E-state index in [-0.39, 0.29) is 23.9 Å². The summed E-state index contributed by atoms with van der Waals surface area (Å²) < 4.78 is 1.43. The predicted octanol–water partition coefficient (Wildman–Crippen LogP) is 3.08. The van der Waals surface area contributed by atoms with Gasteiger partial charge in [-0.2, -0.15) is 0 Å². The Balaban J connectivity index is 2.01. The van der Waals surface area contributed by atoms with Crippen molar-refractivity contribution in [2.75, 3.05) is 0 Å². The second-order valence-corrected chi connectivity index (χ2v) is 8.46. The van der Waals surface area contributed by atoms with Crippen molar-refractivity contribution in [1.82, 2.24) is 9.55 Å². The quantitative estimate of drug-likeness (QED) is 0.936. The Morgan fingerprint density at radius 3 is 2.87 bits per heavy atom. The molecule has 0 saturated carbocycles. The second kappa shape index (κ2) is 5.74. The molecule has 0 aliphatic heterocycles. The minimum Gasteiger partial charge on any atom is -0.481 e. The lowest BCUT2D eigenvalue weighted by Gasteiger charge is -2.33. The largest absolute Gasteiger partial charge is 0.481 e. The molecule has 0 saturated heterocycles. The molecule has 1 aliphatic carbocycles. The lowest BCUT2D eigenvalue weighted by molar-refractivity contribution is -0.137. The van der Waals surface area contributed by atoms with Crippen LogP contribution in [0.3, 0.4) is 0 Å². The van der Waals surface area contributed by atoms with Gasteiger partial charge in [0, 0.05) is 11.4 Å². The van der Waals surface area contributed by atoms with Crippen molar-refractivity contribution in [3.63, 3.8) is 0 Å². The van der Waals surface area contributed by atoms with E-state index in [9.17, 15) is 9.59 Å². The molecule has 2 aromatic rings. The summed E-state index contributed by atoms with van der Waals surface area (Å²) in [6, 6.07) is 0. The van der Waals surface area contributed by atoms with Crippen LogP contribution in [0.2, 0.25) is 0 Å². The molecule has 1 atom stereocenters. The summed E-state index contributed by atoms with van der Waals surface area (Å²) in [5, 5.41) is 9.52. The zero-order valence-electron chi connectivity index (χ0n) is 13.8. The van der Waals surface area contributed by atoms with E-state index in [0.29, 0.717) is 11.3 Å². The highest BCUT2D eigenvalue weighted by molar-refractivity contribution is 7.18. The minimum atomic E-state index is -0.905. The monoisotopic (exact) mass is 334 g/mol. The zero-order chi connectivity index (χ0) is 16.8. The number of rotatable bonds is 3. The van der Waals surface area contributed by atoms with Crippen molar-refractivity contribution >= 4 is 27.5 Å². The second-order valence-electron chi connectivity index (χ2n) is 7.38. The van der Waals surface area contributed by atoms with Gasteiger partial charge in [0.2, 0.25) is 0 Å². The Morgan fingerprint density at radius 1 is 1.48 bits per heavy atom. The molecule has 0 spiro atoms. The topological polar surface area (TPSA) is 72.2 Å². The highest BCUT2D eigenvalue weighted by Gasteiger charge is 2.31. The van der Waals surface area contributed by atoms with Crippen LogP contribution in [0.25, 0.3) is 10.2 Å². The number of nitrogens with zero attached hydrogens (tertiary/aromatic N) is 2. The number of carbonyl (C=O) groups is 1. The summed E-state index contributed by atoms with van der Waals surface area (Å²) in [6.45, 7) is 6.99. The third-order valence-electron chi connectivity index (χ3n) is 4.83. The third-order valence-corrected chi connectivity index (χ3v) is 5.99. The zero-order valence-corrected chi connectivity index (χ0v) is 14.6. The lowest BCUT2D eigenvalue weighted by Crippen LogP contribution is -2.27. The third kappa shape index (κ3) is 3.04. The maximum Gasteiger partial charge on any atom is 0.305 e. The van der Waals surface area contributed by atoms with Gasteiger partial charge in [-0.05, 0) is 36.2 Å². The van der Waals surface area contributed by atoms with E-state index in [4.69, 9.17) is 5.11 Å². The molecule has 5 nitrogen and oxygen atoms in total. The van der Waals surface area contributed by atoms with E-state index in [1.807, 2.05) is 0 Å². The molecule has 0 bridgehead atoms. The summed E-state index contributed by atoms with van der Waals surface area (Å²) >= 11 is 1.63. The normalized spacial score (nSPS) is 18.1. The molecule has 1 aliphatic rings. The van der Waals surface area contributed by atoms with Gasteiger partial charge >= 0.3 is 5.97 Å². The van der Waals surface area contributed by atoms with Crippen molar-refractivity contribution in [2.45, 2.75) is 53.0 Å². The fourth-order valence-corrected chi connectivity index (χ4v) is 4.57. The van der Waals surface area contributed by atoms with Gasteiger partial charge in [-0.3, -0.25) is 14.2 Å². The number of aromatic nitrogens is 2. The molecule has 3 rings (SSSR count). The average molecular weight is 334 g/mol. The fourth-order valence-electron chi connectivity index (χ4n) is 3.32. The number of thiophene rings is 1. The highest BCUT2D eigenvalue weighted by atomic mass is 32.1. The van der Waals surface area contributed by atoms with Gasteiger partial charge in [0.05, 0.1) is 18.1 Å². The van der Waals surface area contributed by atoms with E-state index in [1.165, 1.54) is 15.8 Å². The van der Waals surface area contributed by atoms with Crippen LogP contribution in [0.15, 0.2) is 11.1 Å². The summed E-state index contributed by atoms with van der Waals surface area (Å²) in [4.78, 5) is 29.9. The predicted molar refractivity (Wildman–Crippen MR) is 91.1 cm³/mol. The van der Waals surface area contributed by atoms with Gasteiger partial charge in [0.1, 0.15) is 4.83 Å². The first kappa shape index (κ1) is 16.2. The van der Waals surface area contributed by atoms with Gasteiger partial charge in [-0.15, -0.1) is 11.3 Å². The first-order valence-corrected chi connectivity index (χ1v) is 8.80. The average Bonchev–Trinajstić information content (AvgIpc) is 2.83. The van der Waals surface area contributed by atoms with Gasteiger partial charge in [0.15, 0.2) is 0 Å². The fraction of sp³-hybridized carbons (Fsp3) is 0.588. The van der Waals surface area contributed by atoms with Crippen LogP contribution < -0.4 is 5.56 Å². The number of hydrogen-bond acceptors (Lipinski definition) is 4. The van der Waals surface area contributed by atoms with E-state index in [1.54, 1.807) is 11.3 Å². The molecule has 1 unspecified atom stereocenters. The first-order chi connectivity index (χ1) is 10.8. The van der Waals surface area contributed by atoms with Gasteiger partial charge in [-0.25, -0.2) is 4.98 Å². The number of aliphatic carboxylic acids is 1. The van der Waals surface area contributed by atoms with Crippen molar-refractivity contribution in [1.29, 1.82) is 0 Å². The number of fused-ring (bicyclic) bond motifs is 3. The summed E-state index contributed by atoms with van der Waals surface area (Å²) in [7, 11) is 0. The Labute approximate surface area is 139 Å². The summed E-state index contributed by atoms with van der Waals surface area (Å²) in [5.41, 5.74) is 1.32. The van der Waals surface area contributed by atoms with Crippen LogP contribution in [0.5, 0.6) is 0 Å². The van der Waals surface area contributed by atoms with Crippen LogP contribution in [0.1, 0.15) is 44.1 Å². The maximum absolute atomic E-state index is 12.7. The van der Waals surface area contributed by atoms with Crippen molar-refractivity contribution < 1.29 is 9.90 Å². The highest BCUT2D eigenvalue weighted by Crippen LogP contribution is 2.41. The molecule has 0 aromatic carbocycles. The van der Waals surface area contributed by atoms with E-state index < -0.39 is 5.97 Å². The number of hydrogen-bond donors (Lipinski definition) is 1. The number of carboxylic acid groups (broad SMARTS) is 1. The molecule has 2 aromatic heterocycles. The number of aryl methyl sites for hydroxylation is 2. The molecule has 0 amide bonds. The first-order valence-electron chi connectivity index (χ1n) is 7.99. The van der Waals surface area contributed by atoms with E-state index >= 15 is 0 Å². The van der Waals surface area contributed by atoms with Crippen LogP contribution in [-0.2, 0) is 24.2 Å². The van der Waals surface area contributed by atoms with Crippen LogP contribution in [0.4, 0.5) is 0 Å². The van der Waals surface area contributed by atoms with Crippen LogP contribution >= 0.6 is 11.3 Å². The molecule has 23 heavy (non-hydrogen) atoms. The molecular formula is C17H22N2O3S. The van der Waals surface area contributed by atoms with E-state index in [0.717, 1.165) is 29.7 Å². The summed E-state index contributed by atoms with van der Waals surface area (Å²) in [5.74, 6) is -0.283. The molecule has 124 valence electrons. The van der Waals surface area contributed by atoms with Crippen LogP contribution in [-0.4, -0.2) is 20.6 Å². The van der Waals surface area contributed by atoms with Crippen molar-refractivity contribution in [3.05, 3.63) is 27.1 Å². The van der Waals surface area contributed by atoms with Gasteiger partial charge in [-0.1, -0.05) is 20.8 Å². The standard InChI is InChI=1S/C17H22N2O3S/c1-17(2,3)10-4-5-11-12(8-10)23-15-14(11)16(22)19(9-18-15)7-6-13(20)21/h9-10H,4-8H2,1-3H3,(H,20,21). The Hall–Kier alpha value is -1.69. The van der Waals surface area contributed by atoms with Crippen molar-refractivity contribution in [2.24, 2.45) is 11.3 Å². The summed E-state index contributed by atoms with van der Waals surface area (Å²) in [6.07, 6.45) is 4.43. The maximum atomic E-state index is 12.7. The Morgan fingerprint density at radius 2 is 2.22 bits per heavy atom. The molecular weight excluding hydrogens is 312 g/mol. The minimum absolute atomic E-state index is 0.0640. The molecule has 2 heterocycles. The lowest BCUT2D eigenvalue weighted by atomic mass is 9.72. The van der Waals surface area contributed by atoms with Gasteiger partial charge in [0.25, 0.3) is 5.56 Å². The van der Waals surface area contributed by atoms with Crippen molar-refractivity contribution in [3.8, 4) is 0 Å². The Kier molecular flexibility index (Phi) is 4.04. The smallest absolute Gasteiger partial charge is 0.305 e. The van der Waals surface area contributed by atoms with E-state index in [2.05, 4.69) is 25.8 Å².